The molecule has 1 saturated heterocycles. The second-order valence-electron chi connectivity index (χ2n) is 8.49. The number of carbonyl (C=O) groups is 2. The van der Waals surface area contributed by atoms with Gasteiger partial charge in [-0.05, 0) is 70.4 Å². The molecule has 0 atom stereocenters. The number of hydrogen-bond acceptors (Lipinski definition) is 5. The van der Waals surface area contributed by atoms with Crippen molar-refractivity contribution in [3.8, 4) is 11.5 Å². The minimum atomic E-state index is -0.332. The van der Waals surface area contributed by atoms with E-state index in [0.29, 0.717) is 40.2 Å². The van der Waals surface area contributed by atoms with Crippen molar-refractivity contribution in [2.45, 2.75) is 20.1 Å². The lowest BCUT2D eigenvalue weighted by Gasteiger charge is -2.15. The minimum absolute atomic E-state index is 0.212. The Labute approximate surface area is 224 Å². The predicted molar refractivity (Wildman–Crippen MR) is 149 cm³/mol. The summed E-state index contributed by atoms with van der Waals surface area (Å²) in [6.07, 6.45) is 1.67. The van der Waals surface area contributed by atoms with Crippen LogP contribution in [0.25, 0.3) is 16.8 Å². The molecule has 5 rings (SSSR count). The highest BCUT2D eigenvalue weighted by atomic mass is 35.5. The maximum atomic E-state index is 13.1. The number of hydrogen-bond donors (Lipinski definition) is 0. The van der Waals surface area contributed by atoms with E-state index in [9.17, 15) is 9.59 Å². The van der Waals surface area contributed by atoms with E-state index in [1.165, 1.54) is 4.90 Å². The van der Waals surface area contributed by atoms with Crippen LogP contribution in [-0.4, -0.2) is 22.7 Å². The Bertz CT molecular complexity index is 1500. The Hall–Kier alpha value is -3.74. The summed E-state index contributed by atoms with van der Waals surface area (Å²) in [5.74, 6) is 0.586. The molecule has 5 nitrogen and oxygen atoms in total. The summed E-state index contributed by atoms with van der Waals surface area (Å²) in [5.41, 5.74) is 2.55. The third-order valence-electron chi connectivity index (χ3n) is 5.88. The number of imide groups is 1. The van der Waals surface area contributed by atoms with Crippen molar-refractivity contribution in [1.29, 1.82) is 0 Å². The van der Waals surface area contributed by atoms with Crippen molar-refractivity contribution in [2.24, 2.45) is 0 Å². The molecule has 4 aromatic rings. The molecule has 1 aliphatic heterocycles. The standard InChI is InChI=1S/C30H24ClNO4S/c1-2-35-26-16-22(15-25(31)28(26)36-19-20-8-4-3-5-9-20)17-27-29(33)32(30(34)37-27)18-21-12-13-23-10-6-7-11-24(23)14-21/h3-17H,2,18-19H2,1H3/b27-17-. The number of rotatable bonds is 8. The molecule has 1 aliphatic rings. The van der Waals surface area contributed by atoms with E-state index in [1.54, 1.807) is 18.2 Å². The van der Waals surface area contributed by atoms with Crippen LogP contribution in [0.2, 0.25) is 5.02 Å². The summed E-state index contributed by atoms with van der Waals surface area (Å²) in [7, 11) is 0. The van der Waals surface area contributed by atoms with Crippen molar-refractivity contribution in [1.82, 2.24) is 4.90 Å². The molecule has 0 aromatic heterocycles. The van der Waals surface area contributed by atoms with Gasteiger partial charge in [0.05, 0.1) is 23.1 Å². The second-order valence-corrected chi connectivity index (χ2v) is 9.89. The van der Waals surface area contributed by atoms with E-state index >= 15 is 0 Å². The second kappa shape index (κ2) is 11.1. The van der Waals surface area contributed by atoms with Crippen LogP contribution in [0, 0.1) is 0 Å². The van der Waals surface area contributed by atoms with Gasteiger partial charge in [-0.2, -0.15) is 0 Å². The number of fused-ring (bicyclic) bond motifs is 1. The molecule has 0 saturated carbocycles. The normalized spacial score (nSPS) is 14.5. The first-order chi connectivity index (χ1) is 18.0. The van der Waals surface area contributed by atoms with Crippen LogP contribution in [0.5, 0.6) is 11.5 Å². The number of thioether (sulfide) groups is 1. The van der Waals surface area contributed by atoms with Gasteiger partial charge in [0, 0.05) is 0 Å². The Morgan fingerprint density at radius 3 is 2.41 bits per heavy atom. The summed E-state index contributed by atoms with van der Waals surface area (Å²) in [5, 5.41) is 2.24. The fourth-order valence-corrected chi connectivity index (χ4v) is 5.22. The summed E-state index contributed by atoms with van der Waals surface area (Å²) in [6, 6.07) is 27.2. The number of nitrogens with zero attached hydrogens (tertiary/aromatic N) is 1. The maximum absolute atomic E-state index is 13.1. The van der Waals surface area contributed by atoms with E-state index in [0.717, 1.165) is 33.7 Å². The molecular formula is C30H24ClNO4S. The Kier molecular flexibility index (Phi) is 7.49. The van der Waals surface area contributed by atoms with Crippen molar-refractivity contribution < 1.29 is 19.1 Å². The molecule has 2 amide bonds. The molecule has 0 aliphatic carbocycles. The highest BCUT2D eigenvalue weighted by Crippen LogP contribution is 2.40. The van der Waals surface area contributed by atoms with Gasteiger partial charge < -0.3 is 9.47 Å². The fraction of sp³-hybridized carbons (Fsp3) is 0.133. The van der Waals surface area contributed by atoms with Gasteiger partial charge in [0.25, 0.3) is 11.1 Å². The zero-order chi connectivity index (χ0) is 25.8. The van der Waals surface area contributed by atoms with Gasteiger partial charge in [0.15, 0.2) is 11.5 Å². The van der Waals surface area contributed by atoms with E-state index in [4.69, 9.17) is 21.1 Å². The van der Waals surface area contributed by atoms with Crippen molar-refractivity contribution in [3.63, 3.8) is 0 Å². The van der Waals surface area contributed by atoms with Gasteiger partial charge >= 0.3 is 0 Å². The fourth-order valence-electron chi connectivity index (χ4n) is 4.11. The van der Waals surface area contributed by atoms with E-state index in [2.05, 4.69) is 0 Å². The zero-order valence-corrected chi connectivity index (χ0v) is 21.7. The van der Waals surface area contributed by atoms with Crippen LogP contribution in [0.15, 0.2) is 89.8 Å². The van der Waals surface area contributed by atoms with Crippen LogP contribution in [-0.2, 0) is 17.9 Å². The largest absolute Gasteiger partial charge is 0.490 e. The average molecular weight is 530 g/mol. The maximum Gasteiger partial charge on any atom is 0.293 e. The lowest BCUT2D eigenvalue weighted by molar-refractivity contribution is -0.123. The van der Waals surface area contributed by atoms with Gasteiger partial charge in [-0.1, -0.05) is 78.3 Å². The third-order valence-corrected chi connectivity index (χ3v) is 7.07. The van der Waals surface area contributed by atoms with Crippen LogP contribution >= 0.6 is 23.4 Å². The topological polar surface area (TPSA) is 55.8 Å². The summed E-state index contributed by atoms with van der Waals surface area (Å²) in [4.78, 5) is 27.5. The first kappa shape index (κ1) is 24.9. The predicted octanol–water partition coefficient (Wildman–Crippen LogP) is 7.71. The number of ether oxygens (including phenoxy) is 2. The Morgan fingerprint density at radius 2 is 1.62 bits per heavy atom. The van der Waals surface area contributed by atoms with Crippen LogP contribution in [0.4, 0.5) is 4.79 Å². The molecule has 0 N–H and O–H groups in total. The summed E-state index contributed by atoms with van der Waals surface area (Å²) >= 11 is 7.49. The Balaban J connectivity index is 1.36. The van der Waals surface area contributed by atoms with Gasteiger partial charge in [-0.3, -0.25) is 14.5 Å². The first-order valence-electron chi connectivity index (χ1n) is 11.9. The molecule has 0 radical (unpaired) electrons. The first-order valence-corrected chi connectivity index (χ1v) is 13.1. The highest BCUT2D eigenvalue weighted by molar-refractivity contribution is 8.18. The third kappa shape index (κ3) is 5.66. The Morgan fingerprint density at radius 1 is 0.865 bits per heavy atom. The number of carbonyl (C=O) groups excluding carboxylic acids is 2. The molecule has 7 heteroatoms. The van der Waals surface area contributed by atoms with Crippen LogP contribution in [0.3, 0.4) is 0 Å². The lowest BCUT2D eigenvalue weighted by atomic mass is 10.1. The van der Waals surface area contributed by atoms with Gasteiger partial charge in [-0.25, -0.2) is 0 Å². The number of amides is 2. The monoisotopic (exact) mass is 529 g/mol. The van der Waals surface area contributed by atoms with Crippen LogP contribution < -0.4 is 9.47 Å². The molecule has 0 spiro atoms. The van der Waals surface area contributed by atoms with Crippen molar-refractivity contribution >= 4 is 51.4 Å². The van der Waals surface area contributed by atoms with Crippen molar-refractivity contribution in [2.75, 3.05) is 6.61 Å². The van der Waals surface area contributed by atoms with Crippen LogP contribution in [0.1, 0.15) is 23.6 Å². The summed E-state index contributed by atoms with van der Waals surface area (Å²) in [6.45, 7) is 2.85. The number of halogens is 1. The number of benzene rings is 4. The van der Waals surface area contributed by atoms with Gasteiger partial charge in [0.1, 0.15) is 6.61 Å². The van der Waals surface area contributed by atoms with Crippen molar-refractivity contribution in [3.05, 3.63) is 112 Å². The smallest absolute Gasteiger partial charge is 0.293 e. The van der Waals surface area contributed by atoms with E-state index < -0.39 is 0 Å². The van der Waals surface area contributed by atoms with Gasteiger partial charge in [0.2, 0.25) is 0 Å². The summed E-state index contributed by atoms with van der Waals surface area (Å²) < 4.78 is 11.8. The zero-order valence-electron chi connectivity index (χ0n) is 20.1. The molecule has 4 aromatic carbocycles. The van der Waals surface area contributed by atoms with E-state index in [1.807, 2.05) is 79.7 Å². The molecule has 0 bridgehead atoms. The van der Waals surface area contributed by atoms with Gasteiger partial charge in [-0.15, -0.1) is 0 Å². The molecular weight excluding hydrogens is 506 g/mol. The molecule has 37 heavy (non-hydrogen) atoms. The quantitative estimate of drug-likeness (QED) is 0.219. The SMILES string of the molecule is CCOc1cc(/C=C2\SC(=O)N(Cc3ccc4ccccc4c3)C2=O)cc(Cl)c1OCc1ccccc1. The minimum Gasteiger partial charge on any atom is -0.490 e. The lowest BCUT2D eigenvalue weighted by Crippen LogP contribution is -2.27. The molecule has 0 unspecified atom stereocenters. The molecule has 1 fully saturated rings. The highest BCUT2D eigenvalue weighted by Gasteiger charge is 2.35. The van der Waals surface area contributed by atoms with E-state index in [-0.39, 0.29) is 17.7 Å². The molecule has 186 valence electrons. The molecule has 1 heterocycles. The average Bonchev–Trinajstić information content (AvgIpc) is 3.16.